The molecule has 0 bridgehead atoms. The number of aromatic nitrogens is 2. The van der Waals surface area contributed by atoms with E-state index in [4.69, 9.17) is 4.74 Å². The Balaban J connectivity index is 2.22. The molecule has 1 N–H and O–H groups in total. The number of nitrogens with zero attached hydrogens (tertiary/aromatic N) is 2. The van der Waals surface area contributed by atoms with Crippen LogP contribution in [0.25, 0.3) is 22.0 Å². The Morgan fingerprint density at radius 2 is 1.85 bits per heavy atom. The summed E-state index contributed by atoms with van der Waals surface area (Å²) in [5.41, 5.74) is 2.41. The standard InChI is InChI=1S/C20H21N3O3/c1-4-26-12-18-19(21-13(2)24)20(23(22-18)14(3)25)17-10-9-15-7-5-6-8-16(15)11-17/h5-11H,4,12H2,1-3H3,(H,21,24). The smallest absolute Gasteiger partial charge is 0.244 e. The summed E-state index contributed by atoms with van der Waals surface area (Å²) in [7, 11) is 0. The second kappa shape index (κ2) is 7.49. The minimum Gasteiger partial charge on any atom is -0.375 e. The van der Waals surface area contributed by atoms with Crippen LogP contribution < -0.4 is 5.32 Å². The molecule has 0 atom stereocenters. The van der Waals surface area contributed by atoms with Crippen molar-refractivity contribution in [1.82, 2.24) is 9.78 Å². The van der Waals surface area contributed by atoms with E-state index in [-0.39, 0.29) is 18.4 Å². The van der Waals surface area contributed by atoms with Gasteiger partial charge in [0.05, 0.1) is 12.3 Å². The number of anilines is 1. The SMILES string of the molecule is CCOCc1nn(C(C)=O)c(-c2ccc3ccccc3c2)c1NC(C)=O. The van der Waals surface area contributed by atoms with Gasteiger partial charge in [-0.3, -0.25) is 9.59 Å². The average molecular weight is 351 g/mol. The highest BCUT2D eigenvalue weighted by Gasteiger charge is 2.22. The van der Waals surface area contributed by atoms with Gasteiger partial charge >= 0.3 is 0 Å². The average Bonchev–Trinajstić information content (AvgIpc) is 2.97. The summed E-state index contributed by atoms with van der Waals surface area (Å²) in [5, 5.41) is 9.34. The molecule has 6 nitrogen and oxygen atoms in total. The molecule has 0 radical (unpaired) electrons. The van der Waals surface area contributed by atoms with Crippen molar-refractivity contribution in [3.63, 3.8) is 0 Å². The van der Waals surface area contributed by atoms with Gasteiger partial charge in [0.2, 0.25) is 11.8 Å². The lowest BCUT2D eigenvalue weighted by Gasteiger charge is -2.10. The molecular weight excluding hydrogens is 330 g/mol. The highest BCUT2D eigenvalue weighted by atomic mass is 16.5. The van der Waals surface area contributed by atoms with Crippen molar-refractivity contribution < 1.29 is 14.3 Å². The molecule has 0 spiro atoms. The predicted molar refractivity (Wildman–Crippen MR) is 101 cm³/mol. The summed E-state index contributed by atoms with van der Waals surface area (Å²) in [6.45, 7) is 5.48. The summed E-state index contributed by atoms with van der Waals surface area (Å²) in [6, 6.07) is 13.9. The number of fused-ring (bicyclic) bond motifs is 1. The number of amides is 1. The molecule has 0 aliphatic rings. The van der Waals surface area contributed by atoms with Crippen LogP contribution >= 0.6 is 0 Å². The van der Waals surface area contributed by atoms with Crippen LogP contribution in [0.2, 0.25) is 0 Å². The van der Waals surface area contributed by atoms with Crippen molar-refractivity contribution in [2.24, 2.45) is 0 Å². The summed E-state index contributed by atoms with van der Waals surface area (Å²) in [6.07, 6.45) is 0. The summed E-state index contributed by atoms with van der Waals surface area (Å²) >= 11 is 0. The number of nitrogens with one attached hydrogen (secondary N) is 1. The quantitative estimate of drug-likeness (QED) is 0.757. The largest absolute Gasteiger partial charge is 0.375 e. The lowest BCUT2D eigenvalue weighted by atomic mass is 10.0. The zero-order valence-corrected chi connectivity index (χ0v) is 15.1. The lowest BCUT2D eigenvalue weighted by Crippen LogP contribution is -2.11. The predicted octanol–water partition coefficient (Wildman–Crippen LogP) is 3.86. The first-order chi connectivity index (χ1) is 12.5. The van der Waals surface area contributed by atoms with Gasteiger partial charge in [-0.15, -0.1) is 0 Å². The van der Waals surface area contributed by atoms with Crippen molar-refractivity contribution in [3.8, 4) is 11.3 Å². The molecule has 0 aliphatic carbocycles. The van der Waals surface area contributed by atoms with Gasteiger partial charge in [-0.2, -0.15) is 9.78 Å². The molecule has 0 aliphatic heterocycles. The maximum absolute atomic E-state index is 12.2. The number of rotatable bonds is 5. The van der Waals surface area contributed by atoms with Crippen LogP contribution in [0.15, 0.2) is 42.5 Å². The van der Waals surface area contributed by atoms with E-state index in [2.05, 4.69) is 10.4 Å². The van der Waals surface area contributed by atoms with Crippen molar-refractivity contribution in [2.75, 3.05) is 11.9 Å². The van der Waals surface area contributed by atoms with Crippen molar-refractivity contribution in [1.29, 1.82) is 0 Å². The first kappa shape index (κ1) is 17.8. The highest BCUT2D eigenvalue weighted by molar-refractivity contribution is 5.98. The van der Waals surface area contributed by atoms with Gasteiger partial charge in [-0.1, -0.05) is 36.4 Å². The fraction of sp³-hybridized carbons (Fsp3) is 0.250. The molecular formula is C20H21N3O3. The van der Waals surface area contributed by atoms with Crippen LogP contribution in [0.1, 0.15) is 31.3 Å². The minimum atomic E-state index is -0.234. The number of benzene rings is 2. The fourth-order valence-electron chi connectivity index (χ4n) is 2.90. The summed E-state index contributed by atoms with van der Waals surface area (Å²) < 4.78 is 6.78. The Morgan fingerprint density at radius 3 is 2.50 bits per heavy atom. The molecule has 0 saturated heterocycles. The molecule has 3 aromatic rings. The Labute approximate surface area is 151 Å². The Kier molecular flexibility index (Phi) is 5.14. The summed E-state index contributed by atoms with van der Waals surface area (Å²) in [4.78, 5) is 23.9. The third-order valence-corrected chi connectivity index (χ3v) is 4.02. The van der Waals surface area contributed by atoms with Gasteiger partial charge in [0, 0.05) is 26.0 Å². The topological polar surface area (TPSA) is 73.2 Å². The molecule has 0 saturated carbocycles. The van der Waals surface area contributed by atoms with Gasteiger partial charge in [0.15, 0.2) is 0 Å². The maximum Gasteiger partial charge on any atom is 0.244 e. The van der Waals surface area contributed by atoms with Crippen LogP contribution in [0.3, 0.4) is 0 Å². The second-order valence-corrected chi connectivity index (χ2v) is 5.98. The molecule has 3 rings (SSSR count). The number of hydrogen-bond acceptors (Lipinski definition) is 4. The third kappa shape index (κ3) is 3.50. The van der Waals surface area contributed by atoms with E-state index in [0.29, 0.717) is 23.7 Å². The van der Waals surface area contributed by atoms with Crippen molar-refractivity contribution in [2.45, 2.75) is 27.4 Å². The molecule has 0 fully saturated rings. The monoisotopic (exact) mass is 351 g/mol. The van der Waals surface area contributed by atoms with E-state index >= 15 is 0 Å². The molecule has 134 valence electrons. The normalized spacial score (nSPS) is 10.9. The van der Waals surface area contributed by atoms with Gasteiger partial charge in [0.1, 0.15) is 11.4 Å². The fourth-order valence-corrected chi connectivity index (χ4v) is 2.90. The zero-order chi connectivity index (χ0) is 18.7. The highest BCUT2D eigenvalue weighted by Crippen LogP contribution is 2.33. The molecule has 6 heteroatoms. The maximum atomic E-state index is 12.2. The number of ether oxygens (including phenoxy) is 1. The Hall–Kier alpha value is -2.99. The minimum absolute atomic E-state index is 0.215. The third-order valence-electron chi connectivity index (χ3n) is 4.02. The van der Waals surface area contributed by atoms with Crippen molar-refractivity contribution in [3.05, 3.63) is 48.2 Å². The van der Waals surface area contributed by atoms with Crippen LogP contribution in [0.4, 0.5) is 5.69 Å². The number of carbonyl (C=O) groups excluding carboxylic acids is 2. The zero-order valence-electron chi connectivity index (χ0n) is 15.1. The van der Waals surface area contributed by atoms with E-state index in [1.807, 2.05) is 49.4 Å². The number of hydrogen-bond donors (Lipinski definition) is 1. The molecule has 26 heavy (non-hydrogen) atoms. The van der Waals surface area contributed by atoms with Crippen LogP contribution in [-0.2, 0) is 16.1 Å². The van der Waals surface area contributed by atoms with E-state index in [1.165, 1.54) is 18.5 Å². The molecule has 1 amide bonds. The van der Waals surface area contributed by atoms with E-state index < -0.39 is 0 Å². The van der Waals surface area contributed by atoms with Crippen LogP contribution in [0.5, 0.6) is 0 Å². The van der Waals surface area contributed by atoms with E-state index in [1.54, 1.807) is 0 Å². The van der Waals surface area contributed by atoms with Gasteiger partial charge in [-0.05, 0) is 23.8 Å². The van der Waals surface area contributed by atoms with Gasteiger partial charge in [0.25, 0.3) is 0 Å². The first-order valence-electron chi connectivity index (χ1n) is 8.48. The molecule has 2 aromatic carbocycles. The number of carbonyl (C=O) groups is 2. The Morgan fingerprint density at radius 1 is 1.12 bits per heavy atom. The van der Waals surface area contributed by atoms with Gasteiger partial charge in [-0.25, -0.2) is 0 Å². The Bertz CT molecular complexity index is 976. The molecule has 0 unspecified atom stereocenters. The second-order valence-electron chi connectivity index (χ2n) is 5.98. The molecule has 1 aromatic heterocycles. The van der Waals surface area contributed by atoms with E-state index in [9.17, 15) is 9.59 Å². The summed E-state index contributed by atoms with van der Waals surface area (Å²) in [5.74, 6) is -0.463. The van der Waals surface area contributed by atoms with Gasteiger partial charge < -0.3 is 10.1 Å². The van der Waals surface area contributed by atoms with E-state index in [0.717, 1.165) is 16.3 Å². The van der Waals surface area contributed by atoms with Crippen LogP contribution in [-0.4, -0.2) is 28.2 Å². The van der Waals surface area contributed by atoms with Crippen molar-refractivity contribution >= 4 is 28.3 Å². The molecule has 1 heterocycles. The lowest BCUT2D eigenvalue weighted by molar-refractivity contribution is -0.114. The first-order valence-corrected chi connectivity index (χ1v) is 8.48. The van der Waals surface area contributed by atoms with Crippen LogP contribution in [0, 0.1) is 0 Å².